The summed E-state index contributed by atoms with van der Waals surface area (Å²) in [6.07, 6.45) is 24.0. The summed E-state index contributed by atoms with van der Waals surface area (Å²) in [4.78, 5) is 0. The predicted octanol–water partition coefficient (Wildman–Crippen LogP) is 40.4. The summed E-state index contributed by atoms with van der Waals surface area (Å²) in [6.45, 7) is 91.7. The Hall–Kier alpha value is -7.22. The van der Waals surface area contributed by atoms with Gasteiger partial charge >= 0.3 is 0 Å². The Morgan fingerprint density at radius 3 is 0.715 bits per heavy atom. The van der Waals surface area contributed by atoms with Crippen LogP contribution in [0.3, 0.4) is 0 Å². The van der Waals surface area contributed by atoms with Gasteiger partial charge in [-0.15, -0.1) is 0 Å². The molecule has 11 rings (SSSR count). The molecule has 130 heavy (non-hydrogen) atoms. The summed E-state index contributed by atoms with van der Waals surface area (Å²) in [5.74, 6) is 3.88. The molecular formula is C129H206O. The average molecular weight is 1770 g/mol. The van der Waals surface area contributed by atoms with Gasteiger partial charge in [-0.1, -0.05) is 535 Å². The van der Waals surface area contributed by atoms with Crippen molar-refractivity contribution >= 4 is 0 Å². The monoisotopic (exact) mass is 1770 g/mol. The highest BCUT2D eigenvalue weighted by atomic mass is 16.5. The summed E-state index contributed by atoms with van der Waals surface area (Å²) < 4.78 is 5.58. The van der Waals surface area contributed by atoms with Crippen LogP contribution in [0.1, 0.15) is 407 Å². The van der Waals surface area contributed by atoms with Crippen LogP contribution in [0.4, 0.5) is 0 Å². The SMILES string of the molecule is C.CC(C)(C)C1CCC(C(C)(C)C)CC1.CC(C)(C)C1CCCCC1.CC(C)(C)CCCc1ccccc1.CC(C)(C)CCOc1ccccc1.CC(C)(C)CCc1ccccc1.CC(C)(C)Cc1ccccc1.CC(C)(C)c1ccccc1.Cc1ccc(C(C)(C)C)cc1.Cc1ccc(C(C)(C)C)cc1.Cc1ccc(CC(C)(C)C)cc1.Cc1ccc(CC(C)(C)C)cc1. The van der Waals surface area contributed by atoms with Crippen molar-refractivity contribution in [1.29, 1.82) is 0 Å². The summed E-state index contributed by atoms with van der Waals surface area (Å²) in [6, 6.07) is 87.7. The highest BCUT2D eigenvalue weighted by molar-refractivity contribution is 5.29. The molecule has 0 radical (unpaired) electrons. The van der Waals surface area contributed by atoms with Gasteiger partial charge in [-0.3, -0.25) is 0 Å². The Bertz CT molecular complexity index is 4000. The van der Waals surface area contributed by atoms with Crippen LogP contribution in [0.2, 0.25) is 0 Å². The van der Waals surface area contributed by atoms with E-state index >= 15 is 0 Å². The minimum absolute atomic E-state index is 0. The molecule has 728 valence electrons. The second-order valence-corrected chi connectivity index (χ2v) is 51.4. The third-order valence-electron chi connectivity index (χ3n) is 23.9. The lowest BCUT2D eigenvalue weighted by Crippen LogP contribution is -2.30. The van der Waals surface area contributed by atoms with E-state index in [9.17, 15) is 0 Å². The van der Waals surface area contributed by atoms with Crippen molar-refractivity contribution < 1.29 is 4.74 Å². The molecule has 9 aromatic rings. The van der Waals surface area contributed by atoms with Gasteiger partial charge in [0.1, 0.15) is 5.75 Å². The highest BCUT2D eigenvalue weighted by Gasteiger charge is 2.34. The zero-order valence-electron chi connectivity index (χ0n) is 91.7. The zero-order valence-corrected chi connectivity index (χ0v) is 91.7. The lowest BCUT2D eigenvalue weighted by molar-refractivity contribution is 0.0970. The summed E-state index contributed by atoms with van der Waals surface area (Å²) in [5.41, 5.74) is 21.8. The first-order chi connectivity index (χ1) is 59.2. The summed E-state index contributed by atoms with van der Waals surface area (Å²) in [7, 11) is 0. The normalized spacial score (nSPS) is 14.4. The van der Waals surface area contributed by atoms with E-state index in [1.807, 2.05) is 30.3 Å². The molecule has 0 N–H and O–H groups in total. The van der Waals surface area contributed by atoms with Crippen LogP contribution < -0.4 is 4.74 Å². The second kappa shape index (κ2) is 58.8. The van der Waals surface area contributed by atoms with Crippen LogP contribution in [0.5, 0.6) is 5.75 Å². The van der Waals surface area contributed by atoms with Crippen molar-refractivity contribution in [3.63, 3.8) is 0 Å². The first-order valence-corrected chi connectivity index (χ1v) is 50.3. The third-order valence-corrected chi connectivity index (χ3v) is 23.9. The van der Waals surface area contributed by atoms with Crippen molar-refractivity contribution in [2.45, 2.75) is 416 Å². The molecule has 0 spiro atoms. The van der Waals surface area contributed by atoms with E-state index in [1.165, 1.54) is 157 Å². The number of rotatable bonds is 11. The van der Waals surface area contributed by atoms with Gasteiger partial charge in [0, 0.05) is 0 Å². The van der Waals surface area contributed by atoms with Gasteiger partial charge in [-0.25, -0.2) is 0 Å². The molecule has 0 aliphatic heterocycles. The van der Waals surface area contributed by atoms with Crippen molar-refractivity contribution in [3.8, 4) is 5.75 Å². The van der Waals surface area contributed by atoms with E-state index in [-0.39, 0.29) is 18.3 Å². The standard InChI is InChI=1S/C14H28.C13H20.C12H18O.3C12H18.3C11H16.C10H20.C10H14.CH4/c1-13(2,3)11-7-9-12(10-8-11)14(4,5)6;1-13(2,3)11-7-10-12-8-5-4-6-9-12;1-12(2,3)9-10-13-11-7-5-4-6-8-11;2*1-10-5-7-11(8-6-10)9-12(2,3)4;1-12(2,3)10-9-11-7-5-4-6-8-11;2*1-9-5-7-10(8-6-9)11(2,3)4;1-11(2,3)9-10-7-5-4-6-8-10;2*1-10(2,3)9-7-5-4-6-8-9;/h11-12H,7-10H2,1-6H3;4-6,8-9H,7,10-11H2,1-3H3;4-8H,9-10H2,1-3H3;2*5-8H,9H2,1-4H3;4-8H,9-10H2,1-3H3;2*5-8H,1-4H3;4-8H,9H2,1-3H3;9H,4-8H2,1-3H3;4-8H,1-3H3;1H4. The maximum absolute atomic E-state index is 5.58. The molecule has 0 amide bonds. The van der Waals surface area contributed by atoms with Crippen LogP contribution in [0.25, 0.3) is 0 Å². The van der Waals surface area contributed by atoms with Gasteiger partial charge in [-0.05, 0) is 263 Å². The quantitative estimate of drug-likeness (QED) is 0.125. The predicted molar refractivity (Wildman–Crippen MR) is 589 cm³/mol. The molecular weight excluding hydrogens is 1570 g/mol. The van der Waals surface area contributed by atoms with E-state index in [4.69, 9.17) is 4.74 Å². The number of aryl methyl sites for hydroxylation is 6. The number of hydrogen-bond donors (Lipinski definition) is 0. The molecule has 1 heteroatoms. The number of hydrogen-bond acceptors (Lipinski definition) is 1. The topological polar surface area (TPSA) is 9.23 Å². The minimum Gasteiger partial charge on any atom is -0.494 e. The maximum Gasteiger partial charge on any atom is 0.119 e. The van der Waals surface area contributed by atoms with Gasteiger partial charge in [0.05, 0.1) is 6.61 Å². The molecule has 2 aliphatic rings. The van der Waals surface area contributed by atoms with Crippen molar-refractivity contribution in [3.05, 3.63) is 315 Å². The van der Waals surface area contributed by atoms with Crippen molar-refractivity contribution in [1.82, 2.24) is 0 Å². The number of para-hydroxylation sites is 1. The average Bonchev–Trinajstić information content (AvgIpc) is 0.824. The first kappa shape index (κ1) is 123. The molecule has 2 aliphatic carbocycles. The molecule has 0 atom stereocenters. The van der Waals surface area contributed by atoms with Crippen LogP contribution in [0.15, 0.2) is 249 Å². The fraction of sp³-hybridized carbons (Fsp3) is 0.581. The Morgan fingerprint density at radius 1 is 0.223 bits per heavy atom. The van der Waals surface area contributed by atoms with E-state index in [2.05, 4.69) is 495 Å². The molecule has 0 heterocycles. The zero-order chi connectivity index (χ0) is 98.4. The molecule has 0 unspecified atom stereocenters. The van der Waals surface area contributed by atoms with Crippen LogP contribution in [0, 0.1) is 94.2 Å². The van der Waals surface area contributed by atoms with E-state index < -0.39 is 0 Å². The van der Waals surface area contributed by atoms with Crippen molar-refractivity contribution in [2.24, 2.45) is 66.5 Å². The Morgan fingerprint density at radius 2 is 0.462 bits per heavy atom. The fourth-order valence-corrected chi connectivity index (χ4v) is 15.3. The van der Waals surface area contributed by atoms with Crippen LogP contribution in [-0.2, 0) is 48.3 Å². The van der Waals surface area contributed by atoms with Gasteiger partial charge in [-0.2, -0.15) is 0 Å². The molecule has 0 aromatic heterocycles. The number of ether oxygens (including phenoxy) is 1. The van der Waals surface area contributed by atoms with E-state index in [0.717, 1.165) is 55.8 Å². The first-order valence-electron chi connectivity index (χ1n) is 50.3. The lowest BCUT2D eigenvalue weighted by Gasteiger charge is -2.41. The van der Waals surface area contributed by atoms with Crippen molar-refractivity contribution in [2.75, 3.05) is 6.61 Å². The Balaban J connectivity index is 0.00000141. The summed E-state index contributed by atoms with van der Waals surface area (Å²) in [5, 5.41) is 0. The van der Waals surface area contributed by atoms with E-state index in [1.54, 1.807) is 0 Å². The smallest absolute Gasteiger partial charge is 0.119 e. The van der Waals surface area contributed by atoms with Crippen LogP contribution in [-0.4, -0.2) is 6.61 Å². The lowest BCUT2D eigenvalue weighted by atomic mass is 9.64. The number of benzene rings is 9. The van der Waals surface area contributed by atoms with Gasteiger partial charge in [0.15, 0.2) is 0 Å². The van der Waals surface area contributed by atoms with E-state index in [0.29, 0.717) is 54.1 Å². The van der Waals surface area contributed by atoms with Gasteiger partial charge in [0.25, 0.3) is 0 Å². The largest absolute Gasteiger partial charge is 0.494 e. The fourth-order valence-electron chi connectivity index (χ4n) is 15.3. The van der Waals surface area contributed by atoms with Crippen LogP contribution >= 0.6 is 0 Å². The maximum atomic E-state index is 5.58. The highest BCUT2D eigenvalue weighted by Crippen LogP contribution is 2.45. The minimum atomic E-state index is 0. The Kier molecular flexibility index (Phi) is 55.6. The van der Waals surface area contributed by atoms with Gasteiger partial charge < -0.3 is 4.74 Å². The summed E-state index contributed by atoms with van der Waals surface area (Å²) >= 11 is 0. The molecule has 2 fully saturated rings. The third kappa shape index (κ3) is 66.2. The van der Waals surface area contributed by atoms with Gasteiger partial charge in [0.2, 0.25) is 0 Å². The molecule has 1 nitrogen and oxygen atoms in total. The molecule has 9 aromatic carbocycles. The Labute approximate surface area is 809 Å². The molecule has 0 bridgehead atoms. The molecule has 0 saturated heterocycles. The second-order valence-electron chi connectivity index (χ2n) is 51.4. The molecule has 2 saturated carbocycles.